The van der Waals surface area contributed by atoms with E-state index in [1.807, 2.05) is 6.07 Å². The molecule has 0 aliphatic carbocycles. The first-order chi connectivity index (χ1) is 14.5. The molecule has 3 aromatic rings. The maximum Gasteiger partial charge on any atom is 0.209 e. The summed E-state index contributed by atoms with van der Waals surface area (Å²) in [7, 11) is 1.67. The zero-order valence-corrected chi connectivity index (χ0v) is 16.0. The van der Waals surface area contributed by atoms with Crippen LogP contribution in [0.25, 0.3) is 11.2 Å². The molecule has 1 aromatic carbocycles. The molecule has 0 amide bonds. The number of benzene rings is 1. The molecule has 10 heteroatoms. The van der Waals surface area contributed by atoms with Crippen molar-refractivity contribution in [2.75, 3.05) is 19.0 Å². The van der Waals surface area contributed by atoms with Crippen LogP contribution >= 0.6 is 0 Å². The first kappa shape index (κ1) is 20.2. The van der Waals surface area contributed by atoms with Crippen LogP contribution in [-0.4, -0.2) is 71.9 Å². The molecule has 1 aliphatic rings. The maximum atomic E-state index is 10.3. The molecule has 0 radical (unpaired) electrons. The van der Waals surface area contributed by atoms with Crippen molar-refractivity contribution >= 4 is 17.0 Å². The lowest BCUT2D eigenvalue weighted by atomic mass is 10.1. The van der Waals surface area contributed by atoms with Crippen LogP contribution in [0.2, 0.25) is 0 Å². The van der Waals surface area contributed by atoms with Gasteiger partial charge in [-0.05, 0) is 11.5 Å². The predicted octanol–water partition coefficient (Wildman–Crippen LogP) is -0.435. The minimum atomic E-state index is -1.28. The molecule has 0 saturated carbocycles. The number of hydrogen-bond acceptors (Lipinski definition) is 9. The summed E-state index contributed by atoms with van der Waals surface area (Å²) in [6.45, 7) is -0.438. The van der Waals surface area contributed by atoms with Gasteiger partial charge < -0.3 is 30.5 Å². The number of anilines is 1. The van der Waals surface area contributed by atoms with Crippen LogP contribution < -0.4 is 5.32 Å². The molecule has 4 rings (SSSR count). The summed E-state index contributed by atoms with van der Waals surface area (Å²) >= 11 is 0. The van der Waals surface area contributed by atoms with E-state index in [0.29, 0.717) is 22.5 Å². The van der Waals surface area contributed by atoms with Gasteiger partial charge in [0.2, 0.25) is 5.82 Å². The van der Waals surface area contributed by atoms with Gasteiger partial charge in [0.25, 0.3) is 0 Å². The number of ether oxygens (including phenoxy) is 1. The average molecular weight is 411 g/mol. The number of hydrogen-bond donors (Lipinski definition) is 5. The van der Waals surface area contributed by atoms with Crippen molar-refractivity contribution in [1.82, 2.24) is 19.5 Å². The molecule has 1 saturated heterocycles. The number of aliphatic hydroxyl groups is 4. The summed E-state index contributed by atoms with van der Waals surface area (Å²) in [5.74, 6) is 6.02. The number of aromatic nitrogens is 4. The summed E-state index contributed by atoms with van der Waals surface area (Å²) in [4.78, 5) is 13.0. The lowest BCUT2D eigenvalue weighted by Gasteiger charge is -2.16. The lowest BCUT2D eigenvalue weighted by molar-refractivity contribution is -0.0511. The van der Waals surface area contributed by atoms with Crippen molar-refractivity contribution in [3.63, 3.8) is 0 Å². The molecular formula is C20H21N5O5. The minimum absolute atomic E-state index is 0.135. The third-order valence-corrected chi connectivity index (χ3v) is 4.89. The van der Waals surface area contributed by atoms with Gasteiger partial charge in [-0.3, -0.25) is 4.57 Å². The second-order valence-corrected chi connectivity index (χ2v) is 6.78. The first-order valence-electron chi connectivity index (χ1n) is 9.32. The molecule has 5 N–H and O–H groups in total. The Morgan fingerprint density at radius 3 is 2.63 bits per heavy atom. The van der Waals surface area contributed by atoms with E-state index < -0.39 is 37.3 Å². The Bertz CT molecular complexity index is 1090. The Labute approximate surface area is 171 Å². The average Bonchev–Trinajstić information content (AvgIpc) is 3.32. The molecule has 30 heavy (non-hydrogen) atoms. The number of fused-ring (bicyclic) bond motifs is 1. The number of rotatable bonds is 4. The number of imidazole rings is 1. The topological polar surface area (TPSA) is 146 Å². The Kier molecular flexibility index (Phi) is 5.63. The van der Waals surface area contributed by atoms with Crippen molar-refractivity contribution in [3.8, 4) is 11.8 Å². The SMILES string of the molecule is CNc1nc(C#C[C@H](O)c2ccccc2)nc2c1ncn2[C@@H]1O[C@H](CO)[C@@H](O)[C@H]1O. The minimum Gasteiger partial charge on any atom is -0.394 e. The fraction of sp³-hybridized carbons (Fsp3) is 0.350. The monoisotopic (exact) mass is 411 g/mol. The Morgan fingerprint density at radius 1 is 1.20 bits per heavy atom. The van der Waals surface area contributed by atoms with Crippen molar-refractivity contribution < 1.29 is 25.2 Å². The molecule has 2 aromatic heterocycles. The molecule has 0 bridgehead atoms. The van der Waals surface area contributed by atoms with Gasteiger partial charge in [-0.25, -0.2) is 15.0 Å². The van der Waals surface area contributed by atoms with Crippen molar-refractivity contribution in [3.05, 3.63) is 48.0 Å². The Hall–Kier alpha value is -3.07. The van der Waals surface area contributed by atoms with Gasteiger partial charge in [-0.15, -0.1) is 0 Å². The van der Waals surface area contributed by atoms with E-state index in [-0.39, 0.29) is 5.82 Å². The Morgan fingerprint density at radius 2 is 1.97 bits per heavy atom. The lowest BCUT2D eigenvalue weighted by Crippen LogP contribution is -2.33. The van der Waals surface area contributed by atoms with Crippen LogP contribution in [0.4, 0.5) is 5.82 Å². The number of nitrogens with zero attached hydrogens (tertiary/aromatic N) is 4. The predicted molar refractivity (Wildman–Crippen MR) is 106 cm³/mol. The van der Waals surface area contributed by atoms with E-state index >= 15 is 0 Å². The van der Waals surface area contributed by atoms with Crippen LogP contribution in [0.3, 0.4) is 0 Å². The highest BCUT2D eigenvalue weighted by molar-refractivity contribution is 5.83. The molecule has 1 fully saturated rings. The summed E-state index contributed by atoms with van der Waals surface area (Å²) in [5.41, 5.74) is 1.39. The van der Waals surface area contributed by atoms with Crippen LogP contribution in [0.15, 0.2) is 36.7 Å². The van der Waals surface area contributed by atoms with Gasteiger partial charge in [0, 0.05) is 7.05 Å². The molecule has 156 valence electrons. The molecule has 3 heterocycles. The van der Waals surface area contributed by atoms with Gasteiger partial charge >= 0.3 is 0 Å². The van der Waals surface area contributed by atoms with Gasteiger partial charge in [-0.2, -0.15) is 0 Å². The number of aliphatic hydroxyl groups excluding tert-OH is 4. The van der Waals surface area contributed by atoms with Crippen LogP contribution in [0, 0.1) is 11.8 Å². The fourth-order valence-electron chi connectivity index (χ4n) is 3.29. The summed E-state index contributed by atoms with van der Waals surface area (Å²) in [6, 6.07) is 8.99. The molecular weight excluding hydrogens is 390 g/mol. The third kappa shape index (κ3) is 3.60. The van der Waals surface area contributed by atoms with Gasteiger partial charge in [-0.1, -0.05) is 36.3 Å². The second-order valence-electron chi connectivity index (χ2n) is 6.78. The van der Waals surface area contributed by atoms with E-state index in [4.69, 9.17) is 4.74 Å². The van der Waals surface area contributed by atoms with Crippen LogP contribution in [0.1, 0.15) is 23.7 Å². The molecule has 0 spiro atoms. The van der Waals surface area contributed by atoms with Crippen molar-refractivity contribution in [2.24, 2.45) is 0 Å². The summed E-state index contributed by atoms with van der Waals surface area (Å²) < 4.78 is 7.03. The summed E-state index contributed by atoms with van der Waals surface area (Å²) in [6.07, 6.45) is -4.03. The molecule has 1 aliphatic heterocycles. The highest BCUT2D eigenvalue weighted by Gasteiger charge is 2.44. The standard InChI is InChI=1S/C20H21N5O5/c1-21-18-15-19(25(10-22-15)20-17(29)16(28)13(9-26)30-20)24-14(23-18)8-7-12(27)11-5-3-2-4-6-11/h2-6,10,12-13,16-17,20,26-29H,9H2,1H3,(H,21,23,24)/t12-,13+,16+,17+,20+/m0/s1. The van der Waals surface area contributed by atoms with E-state index in [0.717, 1.165) is 0 Å². The summed E-state index contributed by atoms with van der Waals surface area (Å²) in [5, 5.41) is 42.9. The normalized spacial score (nSPS) is 24.4. The van der Waals surface area contributed by atoms with Crippen molar-refractivity contribution in [1.29, 1.82) is 0 Å². The molecule has 0 unspecified atom stereocenters. The smallest absolute Gasteiger partial charge is 0.209 e. The van der Waals surface area contributed by atoms with E-state index in [9.17, 15) is 20.4 Å². The van der Waals surface area contributed by atoms with Crippen LogP contribution in [0.5, 0.6) is 0 Å². The first-order valence-corrected chi connectivity index (χ1v) is 9.32. The molecule has 10 nitrogen and oxygen atoms in total. The van der Waals surface area contributed by atoms with Gasteiger partial charge in [0.15, 0.2) is 23.2 Å². The second kappa shape index (κ2) is 8.35. The quantitative estimate of drug-likeness (QED) is 0.361. The van der Waals surface area contributed by atoms with Crippen LogP contribution in [-0.2, 0) is 4.74 Å². The van der Waals surface area contributed by atoms with Gasteiger partial charge in [0.05, 0.1) is 12.9 Å². The Balaban J connectivity index is 1.72. The van der Waals surface area contributed by atoms with Crippen molar-refractivity contribution in [2.45, 2.75) is 30.6 Å². The van der Waals surface area contributed by atoms with Gasteiger partial charge in [0.1, 0.15) is 24.4 Å². The third-order valence-electron chi connectivity index (χ3n) is 4.89. The van der Waals surface area contributed by atoms with E-state index in [2.05, 4.69) is 32.1 Å². The zero-order valence-electron chi connectivity index (χ0n) is 16.0. The van der Waals surface area contributed by atoms with E-state index in [1.165, 1.54) is 10.9 Å². The number of nitrogens with one attached hydrogen (secondary N) is 1. The zero-order chi connectivity index (χ0) is 21.3. The van der Waals surface area contributed by atoms with E-state index in [1.54, 1.807) is 31.3 Å². The maximum absolute atomic E-state index is 10.3. The molecule has 5 atom stereocenters. The highest BCUT2D eigenvalue weighted by Crippen LogP contribution is 2.32. The fourth-order valence-corrected chi connectivity index (χ4v) is 3.29. The largest absolute Gasteiger partial charge is 0.394 e. The highest BCUT2D eigenvalue weighted by atomic mass is 16.6.